The fraction of sp³-hybridized carbons (Fsp3) is 0.333. The molecule has 0 aliphatic rings. The molecule has 0 unspecified atom stereocenters. The van der Waals surface area contributed by atoms with Gasteiger partial charge in [-0.05, 0) is 18.2 Å². The molecule has 0 aromatic carbocycles. The number of nitrogens with one attached hydrogen (secondary N) is 1. The largest absolute Gasteiger partial charge is 0.468 e. The molecule has 0 saturated heterocycles. The Balaban J connectivity index is 2.25. The fourth-order valence-corrected chi connectivity index (χ4v) is 3.19. The summed E-state index contributed by atoms with van der Waals surface area (Å²) in [4.78, 5) is 2.86. The maximum absolute atomic E-state index is 12.4. The van der Waals surface area contributed by atoms with Gasteiger partial charge in [0.1, 0.15) is 5.76 Å². The summed E-state index contributed by atoms with van der Waals surface area (Å²) < 4.78 is 31.3. The van der Waals surface area contributed by atoms with E-state index in [1.54, 1.807) is 19.1 Å². The second kappa shape index (κ2) is 5.60. The van der Waals surface area contributed by atoms with Crippen molar-refractivity contribution in [2.24, 2.45) is 0 Å². The fourth-order valence-electron chi connectivity index (χ4n) is 1.75. The molecule has 0 bridgehead atoms. The Bertz CT molecular complexity index is 616. The molecule has 0 aliphatic heterocycles. The summed E-state index contributed by atoms with van der Waals surface area (Å²) >= 11 is 0. The second-order valence-corrected chi connectivity index (χ2v) is 5.97. The summed E-state index contributed by atoms with van der Waals surface area (Å²) in [6, 6.07) is 4.88. The normalized spacial score (nSPS) is 12.2. The van der Waals surface area contributed by atoms with Crippen LogP contribution in [0.15, 0.2) is 40.0 Å². The van der Waals surface area contributed by atoms with Crippen LogP contribution in [-0.2, 0) is 23.2 Å². The number of nitrogens with zero attached hydrogens (tertiary/aromatic N) is 1. The highest BCUT2D eigenvalue weighted by atomic mass is 32.2. The van der Waals surface area contributed by atoms with Crippen molar-refractivity contribution in [3.05, 3.63) is 42.1 Å². The van der Waals surface area contributed by atoms with E-state index in [-0.39, 0.29) is 18.0 Å². The quantitative estimate of drug-likeness (QED) is 0.837. The minimum Gasteiger partial charge on any atom is -0.468 e. The number of aromatic amines is 1. The average molecular weight is 284 g/mol. The van der Waals surface area contributed by atoms with Crippen LogP contribution in [0.5, 0.6) is 0 Å². The summed E-state index contributed by atoms with van der Waals surface area (Å²) in [5.41, 5.74) is 0.465. The molecule has 0 atom stereocenters. The van der Waals surface area contributed by atoms with Gasteiger partial charge in [0.2, 0.25) is 10.0 Å². The first-order valence-electron chi connectivity index (χ1n) is 5.88. The van der Waals surface area contributed by atoms with Gasteiger partial charge in [0.15, 0.2) is 0 Å². The molecule has 2 aromatic heterocycles. The third-order valence-electron chi connectivity index (χ3n) is 2.79. The lowest BCUT2D eigenvalue weighted by Crippen LogP contribution is -2.30. The lowest BCUT2D eigenvalue weighted by atomic mass is 10.4. The van der Waals surface area contributed by atoms with Gasteiger partial charge in [0, 0.05) is 18.4 Å². The maximum Gasteiger partial charge on any atom is 0.244 e. The SMILES string of the molecule is CCN(Cc1ccco1)S(=O)(=O)c1c[nH]c(CO)c1. The monoisotopic (exact) mass is 284 g/mol. The highest BCUT2D eigenvalue weighted by molar-refractivity contribution is 7.89. The number of hydrogen-bond acceptors (Lipinski definition) is 4. The predicted molar refractivity (Wildman–Crippen MR) is 68.7 cm³/mol. The average Bonchev–Trinajstić information content (AvgIpc) is 3.06. The van der Waals surface area contributed by atoms with Crippen LogP contribution in [0.1, 0.15) is 18.4 Å². The molecule has 0 aliphatic carbocycles. The van der Waals surface area contributed by atoms with Crippen LogP contribution in [-0.4, -0.2) is 29.4 Å². The molecule has 2 N–H and O–H groups in total. The standard InChI is InChI=1S/C12H16N2O4S/c1-2-14(8-11-4-3-5-18-11)19(16,17)12-6-10(9-15)13-7-12/h3-7,13,15H,2,8-9H2,1H3. The Hall–Kier alpha value is -1.57. The van der Waals surface area contributed by atoms with Crippen LogP contribution in [0.3, 0.4) is 0 Å². The summed E-state index contributed by atoms with van der Waals surface area (Å²) in [6.45, 7) is 2.06. The van der Waals surface area contributed by atoms with Crippen molar-refractivity contribution in [3.63, 3.8) is 0 Å². The van der Waals surface area contributed by atoms with Crippen LogP contribution in [0.2, 0.25) is 0 Å². The number of rotatable bonds is 6. The molecule has 19 heavy (non-hydrogen) atoms. The third-order valence-corrected chi connectivity index (χ3v) is 4.69. The number of aromatic nitrogens is 1. The summed E-state index contributed by atoms with van der Waals surface area (Å²) in [6.07, 6.45) is 2.89. The van der Waals surface area contributed by atoms with E-state index < -0.39 is 10.0 Å². The topological polar surface area (TPSA) is 86.5 Å². The minimum atomic E-state index is -3.59. The zero-order chi connectivity index (χ0) is 13.9. The minimum absolute atomic E-state index is 0.143. The van der Waals surface area contributed by atoms with E-state index in [9.17, 15) is 8.42 Å². The zero-order valence-corrected chi connectivity index (χ0v) is 11.4. The highest BCUT2D eigenvalue weighted by Crippen LogP contribution is 2.19. The Kier molecular flexibility index (Phi) is 4.08. The van der Waals surface area contributed by atoms with Crippen LogP contribution < -0.4 is 0 Å². The molecular weight excluding hydrogens is 268 g/mol. The van der Waals surface area contributed by atoms with Crippen molar-refractivity contribution in [2.45, 2.75) is 25.0 Å². The lowest BCUT2D eigenvalue weighted by Gasteiger charge is -2.18. The molecule has 7 heteroatoms. The van der Waals surface area contributed by atoms with Crippen molar-refractivity contribution < 1.29 is 17.9 Å². The Morgan fingerprint density at radius 2 is 2.26 bits per heavy atom. The Labute approximate surface area is 111 Å². The van der Waals surface area contributed by atoms with Crippen molar-refractivity contribution in [1.29, 1.82) is 0 Å². The number of aliphatic hydroxyl groups excluding tert-OH is 1. The Morgan fingerprint density at radius 1 is 1.47 bits per heavy atom. The number of hydrogen-bond donors (Lipinski definition) is 2. The van der Waals surface area contributed by atoms with Gasteiger partial charge >= 0.3 is 0 Å². The summed E-state index contributed by atoms with van der Waals surface area (Å²) in [5, 5.41) is 8.97. The first kappa shape index (κ1) is 13.9. The molecular formula is C12H16N2O4S. The van der Waals surface area contributed by atoms with Crippen molar-refractivity contribution in [3.8, 4) is 0 Å². The van der Waals surface area contributed by atoms with Gasteiger partial charge in [0.05, 0.1) is 24.3 Å². The molecule has 104 valence electrons. The van der Waals surface area contributed by atoms with E-state index in [0.29, 0.717) is 18.0 Å². The van der Waals surface area contributed by atoms with E-state index in [1.165, 1.54) is 22.8 Å². The number of aliphatic hydroxyl groups is 1. The van der Waals surface area contributed by atoms with Crippen molar-refractivity contribution >= 4 is 10.0 Å². The smallest absolute Gasteiger partial charge is 0.244 e. The molecule has 6 nitrogen and oxygen atoms in total. The molecule has 2 aromatic rings. The van der Waals surface area contributed by atoms with E-state index in [0.717, 1.165) is 0 Å². The molecule has 0 saturated carbocycles. The van der Waals surface area contributed by atoms with Crippen LogP contribution >= 0.6 is 0 Å². The Morgan fingerprint density at radius 3 is 2.79 bits per heavy atom. The van der Waals surface area contributed by atoms with Gasteiger partial charge in [-0.25, -0.2) is 8.42 Å². The van der Waals surface area contributed by atoms with Gasteiger partial charge < -0.3 is 14.5 Å². The maximum atomic E-state index is 12.4. The summed E-state index contributed by atoms with van der Waals surface area (Å²) in [7, 11) is -3.59. The van der Waals surface area contributed by atoms with Crippen LogP contribution in [0.4, 0.5) is 0 Å². The van der Waals surface area contributed by atoms with Crippen molar-refractivity contribution in [2.75, 3.05) is 6.54 Å². The first-order chi connectivity index (χ1) is 9.07. The van der Waals surface area contributed by atoms with Gasteiger partial charge in [-0.3, -0.25) is 0 Å². The van der Waals surface area contributed by atoms with Gasteiger partial charge in [0.25, 0.3) is 0 Å². The van der Waals surface area contributed by atoms with E-state index in [2.05, 4.69) is 4.98 Å². The van der Waals surface area contributed by atoms with Crippen molar-refractivity contribution in [1.82, 2.24) is 9.29 Å². The first-order valence-corrected chi connectivity index (χ1v) is 7.32. The molecule has 2 heterocycles. The molecule has 2 rings (SSSR count). The van der Waals surface area contributed by atoms with E-state index in [1.807, 2.05) is 0 Å². The summed E-state index contributed by atoms with van der Waals surface area (Å²) in [5.74, 6) is 0.586. The second-order valence-electron chi connectivity index (χ2n) is 4.03. The highest BCUT2D eigenvalue weighted by Gasteiger charge is 2.25. The third kappa shape index (κ3) is 2.89. The molecule has 0 amide bonds. The van der Waals surface area contributed by atoms with Crippen LogP contribution in [0, 0.1) is 0 Å². The van der Waals surface area contributed by atoms with E-state index in [4.69, 9.17) is 9.52 Å². The predicted octanol–water partition coefficient (Wildman–Crippen LogP) is 1.31. The molecule has 0 spiro atoms. The van der Waals surface area contributed by atoms with E-state index >= 15 is 0 Å². The lowest BCUT2D eigenvalue weighted by molar-refractivity contribution is 0.277. The number of furan rings is 1. The number of H-pyrrole nitrogens is 1. The molecule has 0 fully saturated rings. The number of sulfonamides is 1. The van der Waals surface area contributed by atoms with Gasteiger partial charge in [-0.15, -0.1) is 0 Å². The molecule has 0 radical (unpaired) electrons. The zero-order valence-electron chi connectivity index (χ0n) is 10.5. The van der Waals surface area contributed by atoms with Gasteiger partial charge in [-0.2, -0.15) is 4.31 Å². The van der Waals surface area contributed by atoms with Crippen LogP contribution in [0.25, 0.3) is 0 Å². The van der Waals surface area contributed by atoms with Gasteiger partial charge in [-0.1, -0.05) is 6.92 Å².